The van der Waals surface area contributed by atoms with E-state index < -0.39 is 6.61 Å². The number of alkyl halides is 2. The Labute approximate surface area is 125 Å². The number of anilines is 1. The Morgan fingerprint density at radius 2 is 1.95 bits per heavy atom. The summed E-state index contributed by atoms with van der Waals surface area (Å²) in [6.45, 7) is -0.967. The second-order valence-corrected chi connectivity index (χ2v) is 4.94. The van der Waals surface area contributed by atoms with Crippen LogP contribution in [-0.4, -0.2) is 6.61 Å². The molecular formula is C15H13ClF3NO. The molecule has 0 spiro atoms. The molecule has 0 unspecified atom stereocenters. The fraction of sp³-hybridized carbons (Fsp3) is 0.200. The van der Waals surface area contributed by atoms with Gasteiger partial charge in [-0.3, -0.25) is 0 Å². The van der Waals surface area contributed by atoms with Gasteiger partial charge in [0.15, 0.2) is 0 Å². The first-order valence-electron chi connectivity index (χ1n) is 6.18. The van der Waals surface area contributed by atoms with Crippen LogP contribution >= 0.6 is 11.6 Å². The van der Waals surface area contributed by atoms with Crippen molar-refractivity contribution >= 4 is 17.3 Å². The number of benzene rings is 2. The van der Waals surface area contributed by atoms with Gasteiger partial charge in [0.1, 0.15) is 11.6 Å². The highest BCUT2D eigenvalue weighted by atomic mass is 35.5. The summed E-state index contributed by atoms with van der Waals surface area (Å²) in [5.41, 5.74) is 1.77. The predicted molar refractivity (Wildman–Crippen MR) is 76.5 cm³/mol. The Morgan fingerprint density at radius 1 is 1.19 bits per heavy atom. The quantitative estimate of drug-likeness (QED) is 0.838. The zero-order valence-electron chi connectivity index (χ0n) is 11.2. The minimum atomic E-state index is -2.92. The van der Waals surface area contributed by atoms with Gasteiger partial charge in [0.05, 0.1) is 0 Å². The first-order valence-corrected chi connectivity index (χ1v) is 6.56. The Bertz CT molecular complexity index is 614. The standard InChI is InChI=1S/C15H13ClF3NO/c1-9-4-12(17)7-13(5-9)20-8-10-6-11(16)2-3-14(10)21-15(18)19/h2-7,15,20H,8H2,1H3. The molecule has 0 aromatic heterocycles. The van der Waals surface area contributed by atoms with Crippen molar-refractivity contribution in [2.75, 3.05) is 5.32 Å². The number of hydrogen-bond donors (Lipinski definition) is 1. The molecule has 0 atom stereocenters. The Morgan fingerprint density at radius 3 is 2.62 bits per heavy atom. The molecule has 1 N–H and O–H groups in total. The van der Waals surface area contributed by atoms with Crippen LogP contribution in [0.4, 0.5) is 18.9 Å². The lowest BCUT2D eigenvalue weighted by Gasteiger charge is -2.13. The van der Waals surface area contributed by atoms with Gasteiger partial charge in [-0.2, -0.15) is 8.78 Å². The highest BCUT2D eigenvalue weighted by molar-refractivity contribution is 6.30. The zero-order chi connectivity index (χ0) is 15.4. The number of rotatable bonds is 5. The third-order valence-corrected chi connectivity index (χ3v) is 3.00. The number of ether oxygens (including phenoxy) is 1. The van der Waals surface area contributed by atoms with Gasteiger partial charge in [0, 0.05) is 22.8 Å². The Hall–Kier alpha value is -1.88. The van der Waals surface area contributed by atoms with Crippen molar-refractivity contribution in [1.82, 2.24) is 0 Å². The average molecular weight is 316 g/mol. The van der Waals surface area contributed by atoms with Crippen molar-refractivity contribution in [2.24, 2.45) is 0 Å². The van der Waals surface area contributed by atoms with E-state index in [1.807, 2.05) is 0 Å². The van der Waals surface area contributed by atoms with E-state index >= 15 is 0 Å². The van der Waals surface area contributed by atoms with E-state index in [-0.39, 0.29) is 18.1 Å². The van der Waals surface area contributed by atoms with Crippen LogP contribution < -0.4 is 10.1 Å². The second-order valence-electron chi connectivity index (χ2n) is 4.50. The highest BCUT2D eigenvalue weighted by Crippen LogP contribution is 2.25. The minimum Gasteiger partial charge on any atom is -0.434 e. The summed E-state index contributed by atoms with van der Waals surface area (Å²) in [6, 6.07) is 8.85. The molecule has 0 fully saturated rings. The number of aryl methyl sites for hydroxylation is 1. The molecule has 0 saturated heterocycles. The van der Waals surface area contributed by atoms with E-state index in [2.05, 4.69) is 10.1 Å². The topological polar surface area (TPSA) is 21.3 Å². The molecule has 6 heteroatoms. The molecule has 21 heavy (non-hydrogen) atoms. The lowest BCUT2D eigenvalue weighted by molar-refractivity contribution is -0.0504. The highest BCUT2D eigenvalue weighted by Gasteiger charge is 2.10. The molecule has 2 nitrogen and oxygen atoms in total. The molecule has 0 bridgehead atoms. The molecule has 0 radical (unpaired) electrons. The minimum absolute atomic E-state index is 0.0371. The van der Waals surface area contributed by atoms with Gasteiger partial charge in [0.25, 0.3) is 0 Å². The Balaban J connectivity index is 2.16. The van der Waals surface area contributed by atoms with Gasteiger partial charge in [-0.15, -0.1) is 0 Å². The molecule has 0 aliphatic heterocycles. The van der Waals surface area contributed by atoms with E-state index in [1.54, 1.807) is 13.0 Å². The first kappa shape index (κ1) is 15.5. The monoisotopic (exact) mass is 315 g/mol. The van der Waals surface area contributed by atoms with Crippen LogP contribution in [0.15, 0.2) is 36.4 Å². The van der Waals surface area contributed by atoms with Crippen LogP contribution in [0.25, 0.3) is 0 Å². The summed E-state index contributed by atoms with van der Waals surface area (Å²) in [5.74, 6) is -0.331. The molecular weight excluding hydrogens is 303 g/mol. The van der Waals surface area contributed by atoms with Gasteiger partial charge in [0.2, 0.25) is 0 Å². The van der Waals surface area contributed by atoms with E-state index in [4.69, 9.17) is 11.6 Å². The van der Waals surface area contributed by atoms with Gasteiger partial charge in [-0.05, 0) is 48.9 Å². The number of nitrogens with one attached hydrogen (secondary N) is 1. The van der Waals surface area contributed by atoms with Gasteiger partial charge < -0.3 is 10.1 Å². The molecule has 2 rings (SSSR count). The van der Waals surface area contributed by atoms with Gasteiger partial charge in [-0.1, -0.05) is 11.6 Å². The lowest BCUT2D eigenvalue weighted by Crippen LogP contribution is -2.07. The summed E-state index contributed by atoms with van der Waals surface area (Å²) < 4.78 is 42.4. The summed E-state index contributed by atoms with van der Waals surface area (Å²) in [7, 11) is 0. The summed E-state index contributed by atoms with van der Waals surface area (Å²) in [4.78, 5) is 0. The maximum atomic E-state index is 13.3. The van der Waals surface area contributed by atoms with Crippen LogP contribution in [0.3, 0.4) is 0 Å². The summed E-state index contributed by atoms with van der Waals surface area (Å²) >= 11 is 5.85. The van der Waals surface area contributed by atoms with Gasteiger partial charge >= 0.3 is 6.61 Å². The lowest BCUT2D eigenvalue weighted by atomic mass is 10.1. The van der Waals surface area contributed by atoms with Gasteiger partial charge in [-0.25, -0.2) is 4.39 Å². The van der Waals surface area contributed by atoms with Crippen molar-refractivity contribution in [3.8, 4) is 5.75 Å². The molecule has 0 amide bonds. The molecule has 2 aromatic rings. The van der Waals surface area contributed by atoms with Crippen LogP contribution in [0.5, 0.6) is 5.75 Å². The molecule has 0 heterocycles. The molecule has 112 valence electrons. The third kappa shape index (κ3) is 4.56. The SMILES string of the molecule is Cc1cc(F)cc(NCc2cc(Cl)ccc2OC(F)F)c1. The summed E-state index contributed by atoms with van der Waals surface area (Å²) in [6.07, 6.45) is 0. The van der Waals surface area contributed by atoms with E-state index in [9.17, 15) is 13.2 Å². The zero-order valence-corrected chi connectivity index (χ0v) is 11.9. The molecule has 0 aliphatic rings. The number of hydrogen-bond acceptors (Lipinski definition) is 2. The average Bonchev–Trinajstić information content (AvgIpc) is 2.37. The Kier molecular flexibility index (Phi) is 4.96. The van der Waals surface area contributed by atoms with Crippen LogP contribution in [0.2, 0.25) is 5.02 Å². The first-order chi connectivity index (χ1) is 9.94. The van der Waals surface area contributed by atoms with Crippen molar-refractivity contribution in [1.29, 1.82) is 0 Å². The smallest absolute Gasteiger partial charge is 0.387 e. The van der Waals surface area contributed by atoms with E-state index in [0.29, 0.717) is 16.3 Å². The predicted octanol–water partition coefficient (Wildman–Crippen LogP) is 5.00. The third-order valence-electron chi connectivity index (χ3n) is 2.76. The molecule has 0 aliphatic carbocycles. The van der Waals surface area contributed by atoms with Crippen molar-refractivity contribution in [2.45, 2.75) is 20.1 Å². The van der Waals surface area contributed by atoms with Crippen molar-refractivity contribution < 1.29 is 17.9 Å². The second kappa shape index (κ2) is 6.72. The molecule has 0 saturated carbocycles. The maximum Gasteiger partial charge on any atom is 0.387 e. The van der Waals surface area contributed by atoms with E-state index in [1.165, 1.54) is 30.3 Å². The molecule has 2 aromatic carbocycles. The fourth-order valence-corrected chi connectivity index (χ4v) is 2.13. The fourth-order valence-electron chi connectivity index (χ4n) is 1.93. The van der Waals surface area contributed by atoms with Crippen LogP contribution in [-0.2, 0) is 6.54 Å². The van der Waals surface area contributed by atoms with Crippen LogP contribution in [0, 0.1) is 12.7 Å². The van der Waals surface area contributed by atoms with Crippen molar-refractivity contribution in [3.05, 3.63) is 58.4 Å². The largest absolute Gasteiger partial charge is 0.434 e. The summed E-state index contributed by atoms with van der Waals surface area (Å²) in [5, 5.41) is 3.37. The maximum absolute atomic E-state index is 13.3. The van der Waals surface area contributed by atoms with Crippen LogP contribution in [0.1, 0.15) is 11.1 Å². The van der Waals surface area contributed by atoms with Crippen molar-refractivity contribution in [3.63, 3.8) is 0 Å². The number of halogens is 4. The van der Waals surface area contributed by atoms with E-state index in [0.717, 1.165) is 5.56 Å². The normalized spacial score (nSPS) is 10.8.